The Bertz CT molecular complexity index is 805. The maximum Gasteiger partial charge on any atom is 0.231 e. The van der Waals surface area contributed by atoms with Gasteiger partial charge in [-0.2, -0.15) is 0 Å². The molecule has 0 radical (unpaired) electrons. The standard InChI is InChI=1S/C18H16N2O2S/c21-17(18(6-7-18)16-4-2-10-23-16)20-12-13-5-8-19-14(11-13)15-3-1-9-22-15/h1-5,8-11H,6-7,12H2,(H,20,21). The summed E-state index contributed by atoms with van der Waals surface area (Å²) in [5, 5.41) is 5.10. The molecule has 23 heavy (non-hydrogen) atoms. The minimum absolute atomic E-state index is 0.122. The van der Waals surface area contributed by atoms with Crippen LogP contribution < -0.4 is 5.32 Å². The number of amides is 1. The normalized spacial score (nSPS) is 15.3. The van der Waals surface area contributed by atoms with Gasteiger partial charge in [-0.3, -0.25) is 9.78 Å². The van der Waals surface area contributed by atoms with Crippen molar-refractivity contribution in [2.24, 2.45) is 0 Å². The van der Waals surface area contributed by atoms with Crippen LogP contribution in [0.4, 0.5) is 0 Å². The summed E-state index contributed by atoms with van der Waals surface area (Å²) in [6, 6.07) is 11.6. The van der Waals surface area contributed by atoms with Gasteiger partial charge in [0.25, 0.3) is 0 Å². The van der Waals surface area contributed by atoms with Crippen molar-refractivity contribution in [2.45, 2.75) is 24.8 Å². The molecule has 116 valence electrons. The van der Waals surface area contributed by atoms with E-state index in [2.05, 4.69) is 16.4 Å². The van der Waals surface area contributed by atoms with Crippen molar-refractivity contribution < 1.29 is 9.21 Å². The van der Waals surface area contributed by atoms with Crippen LogP contribution in [0.3, 0.4) is 0 Å². The first-order valence-electron chi connectivity index (χ1n) is 7.59. The number of hydrogen-bond donors (Lipinski definition) is 1. The highest BCUT2D eigenvalue weighted by Crippen LogP contribution is 2.50. The number of nitrogens with zero attached hydrogens (tertiary/aromatic N) is 1. The quantitative estimate of drug-likeness (QED) is 0.777. The van der Waals surface area contributed by atoms with E-state index in [1.165, 1.54) is 4.88 Å². The highest BCUT2D eigenvalue weighted by Gasteiger charge is 2.51. The van der Waals surface area contributed by atoms with Crippen LogP contribution in [-0.2, 0) is 16.8 Å². The first-order valence-corrected chi connectivity index (χ1v) is 8.47. The van der Waals surface area contributed by atoms with Crippen LogP contribution in [0.2, 0.25) is 0 Å². The van der Waals surface area contributed by atoms with Crippen LogP contribution in [-0.4, -0.2) is 10.9 Å². The molecule has 0 aliphatic heterocycles. The summed E-state index contributed by atoms with van der Waals surface area (Å²) in [5.74, 6) is 0.853. The zero-order valence-corrected chi connectivity index (χ0v) is 13.3. The Kier molecular flexibility index (Phi) is 3.50. The molecule has 1 aliphatic carbocycles. The predicted molar refractivity (Wildman–Crippen MR) is 89.0 cm³/mol. The SMILES string of the molecule is O=C(NCc1ccnc(-c2ccco2)c1)C1(c2cccs2)CC1. The maximum atomic E-state index is 12.6. The van der Waals surface area contributed by atoms with Gasteiger partial charge in [-0.25, -0.2) is 0 Å². The van der Waals surface area contributed by atoms with Gasteiger partial charge in [-0.05, 0) is 54.1 Å². The molecule has 3 aromatic rings. The van der Waals surface area contributed by atoms with E-state index in [-0.39, 0.29) is 11.3 Å². The van der Waals surface area contributed by atoms with Crippen molar-refractivity contribution in [1.29, 1.82) is 0 Å². The molecule has 1 aliphatic rings. The number of pyridine rings is 1. The summed E-state index contributed by atoms with van der Waals surface area (Å²) in [5.41, 5.74) is 1.51. The lowest BCUT2D eigenvalue weighted by Gasteiger charge is -2.14. The molecule has 3 aromatic heterocycles. The van der Waals surface area contributed by atoms with Crippen LogP contribution in [0.25, 0.3) is 11.5 Å². The van der Waals surface area contributed by atoms with E-state index in [0.29, 0.717) is 6.54 Å². The molecule has 0 spiro atoms. The third-order valence-corrected chi connectivity index (χ3v) is 5.30. The van der Waals surface area contributed by atoms with Gasteiger partial charge in [0.15, 0.2) is 5.76 Å². The van der Waals surface area contributed by atoms with E-state index in [9.17, 15) is 4.79 Å². The Morgan fingerprint density at radius 2 is 2.22 bits per heavy atom. The van der Waals surface area contributed by atoms with Crippen LogP contribution in [0.5, 0.6) is 0 Å². The van der Waals surface area contributed by atoms with Gasteiger partial charge in [0, 0.05) is 17.6 Å². The number of rotatable bonds is 5. The van der Waals surface area contributed by atoms with E-state index in [1.807, 2.05) is 35.7 Å². The molecule has 1 saturated carbocycles. The van der Waals surface area contributed by atoms with Crippen LogP contribution in [0.1, 0.15) is 23.3 Å². The lowest BCUT2D eigenvalue weighted by atomic mass is 10.0. The smallest absolute Gasteiger partial charge is 0.231 e. The van der Waals surface area contributed by atoms with Gasteiger partial charge in [0.05, 0.1) is 11.7 Å². The molecule has 0 aromatic carbocycles. The molecule has 1 N–H and O–H groups in total. The molecule has 1 amide bonds. The fourth-order valence-electron chi connectivity index (χ4n) is 2.76. The second kappa shape index (κ2) is 5.66. The predicted octanol–water partition coefficient (Wildman–Crippen LogP) is 3.75. The summed E-state index contributed by atoms with van der Waals surface area (Å²) < 4.78 is 5.36. The molecule has 0 unspecified atom stereocenters. The molecular weight excluding hydrogens is 308 g/mol. The fraction of sp³-hybridized carbons (Fsp3) is 0.222. The van der Waals surface area contributed by atoms with E-state index in [1.54, 1.807) is 23.8 Å². The third-order valence-electron chi connectivity index (χ3n) is 4.23. The first-order chi connectivity index (χ1) is 11.3. The molecule has 0 atom stereocenters. The molecule has 4 rings (SSSR count). The zero-order valence-electron chi connectivity index (χ0n) is 12.5. The minimum Gasteiger partial charge on any atom is -0.463 e. The number of thiophene rings is 1. The van der Waals surface area contributed by atoms with Gasteiger partial charge in [-0.15, -0.1) is 11.3 Å². The van der Waals surface area contributed by atoms with Crippen molar-refractivity contribution in [2.75, 3.05) is 0 Å². The maximum absolute atomic E-state index is 12.6. The van der Waals surface area contributed by atoms with Crippen molar-refractivity contribution in [3.63, 3.8) is 0 Å². The average molecular weight is 324 g/mol. The first kappa shape index (κ1) is 14.2. The number of nitrogens with one attached hydrogen (secondary N) is 1. The largest absolute Gasteiger partial charge is 0.463 e. The number of hydrogen-bond acceptors (Lipinski definition) is 4. The summed E-state index contributed by atoms with van der Waals surface area (Å²) in [7, 11) is 0. The van der Waals surface area contributed by atoms with Crippen LogP contribution in [0.15, 0.2) is 58.7 Å². The van der Waals surface area contributed by atoms with Gasteiger partial charge < -0.3 is 9.73 Å². The summed E-state index contributed by atoms with van der Waals surface area (Å²) in [6.07, 6.45) is 5.25. The third kappa shape index (κ3) is 2.68. The minimum atomic E-state index is -0.287. The molecule has 1 fully saturated rings. The molecular formula is C18H16N2O2S. The van der Waals surface area contributed by atoms with Crippen molar-refractivity contribution in [3.05, 3.63) is 64.7 Å². The van der Waals surface area contributed by atoms with Crippen LogP contribution >= 0.6 is 11.3 Å². The van der Waals surface area contributed by atoms with Gasteiger partial charge in [0.1, 0.15) is 5.69 Å². The Balaban J connectivity index is 1.46. The molecule has 3 heterocycles. The second-order valence-corrected chi connectivity index (χ2v) is 6.72. The molecule has 4 nitrogen and oxygen atoms in total. The lowest BCUT2D eigenvalue weighted by Crippen LogP contribution is -2.33. The van der Waals surface area contributed by atoms with Crippen LogP contribution in [0, 0.1) is 0 Å². The van der Waals surface area contributed by atoms with E-state index >= 15 is 0 Å². The van der Waals surface area contributed by atoms with E-state index < -0.39 is 0 Å². The second-order valence-electron chi connectivity index (χ2n) is 5.77. The van der Waals surface area contributed by atoms with Crippen molar-refractivity contribution >= 4 is 17.2 Å². The highest BCUT2D eigenvalue weighted by atomic mass is 32.1. The summed E-state index contributed by atoms with van der Waals surface area (Å²) in [6.45, 7) is 0.502. The lowest BCUT2D eigenvalue weighted by molar-refractivity contribution is -0.123. The number of carbonyl (C=O) groups is 1. The number of aromatic nitrogens is 1. The number of furan rings is 1. The molecule has 0 bridgehead atoms. The van der Waals surface area contributed by atoms with Crippen molar-refractivity contribution in [1.82, 2.24) is 10.3 Å². The van der Waals surface area contributed by atoms with Gasteiger partial charge in [-0.1, -0.05) is 6.07 Å². The van der Waals surface area contributed by atoms with Crippen molar-refractivity contribution in [3.8, 4) is 11.5 Å². The Morgan fingerprint density at radius 3 is 2.91 bits per heavy atom. The highest BCUT2D eigenvalue weighted by molar-refractivity contribution is 7.10. The summed E-state index contributed by atoms with van der Waals surface area (Å²) in [4.78, 5) is 18.0. The Labute approximate surface area is 138 Å². The van der Waals surface area contributed by atoms with Gasteiger partial charge >= 0.3 is 0 Å². The fourth-order valence-corrected chi connectivity index (χ4v) is 3.74. The Hall–Kier alpha value is -2.40. The van der Waals surface area contributed by atoms with Gasteiger partial charge in [0.2, 0.25) is 5.91 Å². The summed E-state index contributed by atoms with van der Waals surface area (Å²) >= 11 is 1.66. The topological polar surface area (TPSA) is 55.1 Å². The Morgan fingerprint density at radius 1 is 1.30 bits per heavy atom. The molecule has 5 heteroatoms. The zero-order chi connectivity index (χ0) is 15.7. The number of carbonyl (C=O) groups excluding carboxylic acids is 1. The van der Waals surface area contributed by atoms with E-state index in [4.69, 9.17) is 4.42 Å². The average Bonchev–Trinajstić information content (AvgIpc) is 3.02. The van der Waals surface area contributed by atoms with E-state index in [0.717, 1.165) is 29.9 Å². The molecule has 0 saturated heterocycles. The monoisotopic (exact) mass is 324 g/mol.